The van der Waals surface area contributed by atoms with Crippen molar-refractivity contribution >= 4 is 40.7 Å². The topological polar surface area (TPSA) is 99.5 Å². The predicted octanol–water partition coefficient (Wildman–Crippen LogP) is 8.20. The molecule has 2 aromatic carbocycles. The van der Waals surface area contributed by atoms with Crippen molar-refractivity contribution in [2.45, 2.75) is 116 Å². The number of hydrogen-bond donors (Lipinski definition) is 2. The van der Waals surface area contributed by atoms with E-state index in [0.717, 1.165) is 35.6 Å². The van der Waals surface area contributed by atoms with Crippen molar-refractivity contribution in [3.05, 3.63) is 64.1 Å². The molecule has 252 valence electrons. The van der Waals surface area contributed by atoms with Crippen LogP contribution in [-0.2, 0) is 9.31 Å². The molecule has 0 aliphatic carbocycles. The van der Waals surface area contributed by atoms with Crippen LogP contribution < -0.4 is 5.46 Å². The van der Waals surface area contributed by atoms with Crippen molar-refractivity contribution in [1.29, 1.82) is 0 Å². The van der Waals surface area contributed by atoms with E-state index in [1.807, 2.05) is 0 Å². The van der Waals surface area contributed by atoms with Gasteiger partial charge in [-0.3, -0.25) is 0 Å². The van der Waals surface area contributed by atoms with E-state index in [4.69, 9.17) is 9.31 Å². The Morgan fingerprint density at radius 1 is 0.739 bits per heavy atom. The molecule has 3 aliphatic rings. The Labute approximate surface area is 284 Å². The zero-order valence-electron chi connectivity index (χ0n) is 28.7. The first kappa shape index (κ1) is 36.3. The van der Waals surface area contributed by atoms with Crippen LogP contribution in [0, 0.1) is 11.8 Å². The molecule has 4 unspecified atom stereocenters. The Morgan fingerprint density at radius 3 is 1.46 bits per heavy atom. The van der Waals surface area contributed by atoms with Crippen molar-refractivity contribution in [2.75, 3.05) is 13.1 Å². The number of rotatable bonds is 5. The summed E-state index contributed by atoms with van der Waals surface area (Å²) in [5.74, 6) is 1.53. The Morgan fingerprint density at radius 2 is 1.11 bits per heavy atom. The first-order chi connectivity index (χ1) is 21.5. The summed E-state index contributed by atoms with van der Waals surface area (Å²) in [5, 5.41) is 18.7. The molecule has 10 heteroatoms. The lowest BCUT2D eigenvalue weighted by Crippen LogP contribution is -2.47. The molecular weight excluding hydrogens is 647 g/mol. The second-order valence-electron chi connectivity index (χ2n) is 14.8. The third-order valence-electron chi connectivity index (χ3n) is 10.6. The molecule has 0 radical (unpaired) electrons. The first-order valence-electron chi connectivity index (χ1n) is 16.7. The van der Waals surface area contributed by atoms with Crippen LogP contribution in [-0.4, -0.2) is 75.7 Å². The minimum atomic E-state index is -0.803. The number of nitrogens with zero attached hydrogens (tertiary/aromatic N) is 2. The van der Waals surface area contributed by atoms with E-state index in [2.05, 4.69) is 120 Å². The minimum absolute atomic E-state index is 0.0732. The molecule has 46 heavy (non-hydrogen) atoms. The van der Waals surface area contributed by atoms with E-state index in [-0.39, 0.29) is 30.4 Å². The van der Waals surface area contributed by atoms with Crippen LogP contribution in [0.4, 0.5) is 9.59 Å². The highest BCUT2D eigenvalue weighted by Gasteiger charge is 2.51. The molecule has 2 aromatic rings. The van der Waals surface area contributed by atoms with Crippen LogP contribution in [0.2, 0.25) is 0 Å². The van der Waals surface area contributed by atoms with Gasteiger partial charge in [0, 0.05) is 29.6 Å². The van der Waals surface area contributed by atoms with E-state index >= 15 is 0 Å². The second kappa shape index (κ2) is 14.7. The van der Waals surface area contributed by atoms with Crippen molar-refractivity contribution in [3.63, 3.8) is 0 Å². The largest absolute Gasteiger partial charge is 0.494 e. The fourth-order valence-corrected chi connectivity index (χ4v) is 7.24. The van der Waals surface area contributed by atoms with Crippen LogP contribution in [0.5, 0.6) is 0 Å². The monoisotopic (exact) mass is 698 g/mol. The number of carboxylic acid groups (broad SMARTS) is 2. The van der Waals surface area contributed by atoms with E-state index in [1.165, 1.54) is 11.1 Å². The van der Waals surface area contributed by atoms with Crippen molar-refractivity contribution in [1.82, 2.24) is 9.80 Å². The standard InChI is InChI=1S/C21H32BNO4.C15H20BrNO2/c1-14(2)18-13-16(11-12-23(18)19(24)25)15-7-9-17(10-8-15)22-26-20(3,4)21(5,6)27-22;1-10(2)14-9-12(7-8-17(14)15(18)19)11-3-5-13(16)6-4-11/h7-10,14,16,18H,11-13H2,1-6H3,(H,24,25);3-6,10,12,14H,7-9H2,1-2H3,(H,18,19). The number of carbonyl (C=O) groups is 2. The molecule has 0 spiro atoms. The highest BCUT2D eigenvalue weighted by molar-refractivity contribution is 9.10. The van der Waals surface area contributed by atoms with Crippen molar-refractivity contribution in [3.8, 4) is 0 Å². The molecule has 2 amide bonds. The second-order valence-corrected chi connectivity index (χ2v) is 15.7. The van der Waals surface area contributed by atoms with Gasteiger partial charge in [0.15, 0.2) is 0 Å². The first-order valence-corrected chi connectivity index (χ1v) is 17.5. The van der Waals surface area contributed by atoms with Gasteiger partial charge in [0.1, 0.15) is 0 Å². The molecule has 3 fully saturated rings. The lowest BCUT2D eigenvalue weighted by molar-refractivity contribution is 0.00578. The van der Waals surface area contributed by atoms with Gasteiger partial charge in [-0.05, 0) is 106 Å². The summed E-state index contributed by atoms with van der Waals surface area (Å²) in [7, 11) is -0.346. The maximum absolute atomic E-state index is 11.5. The SMILES string of the molecule is CC(C)C1CC(c2ccc(B3OC(C)(C)C(C)(C)O3)cc2)CCN1C(=O)O.CC(C)C1CC(c2ccc(Br)cc2)CCN1C(=O)O. The molecule has 0 bridgehead atoms. The van der Waals surface area contributed by atoms with Gasteiger partial charge in [-0.1, -0.05) is 80.0 Å². The van der Waals surface area contributed by atoms with Gasteiger partial charge < -0.3 is 29.3 Å². The summed E-state index contributed by atoms with van der Waals surface area (Å²) < 4.78 is 13.3. The van der Waals surface area contributed by atoms with E-state index in [0.29, 0.717) is 36.8 Å². The summed E-state index contributed by atoms with van der Waals surface area (Å²) in [5.41, 5.74) is 2.93. The summed E-state index contributed by atoms with van der Waals surface area (Å²) in [6.07, 6.45) is 1.99. The van der Waals surface area contributed by atoms with Gasteiger partial charge in [-0.2, -0.15) is 0 Å². The normalized spacial score (nSPS) is 25.8. The van der Waals surface area contributed by atoms with Crippen LogP contribution in [0.15, 0.2) is 53.0 Å². The number of likely N-dealkylation sites (tertiary alicyclic amines) is 2. The van der Waals surface area contributed by atoms with Crippen LogP contribution in [0.1, 0.15) is 104 Å². The molecule has 2 N–H and O–H groups in total. The van der Waals surface area contributed by atoms with Gasteiger partial charge in [-0.25, -0.2) is 9.59 Å². The highest BCUT2D eigenvalue weighted by atomic mass is 79.9. The average Bonchev–Trinajstić information content (AvgIpc) is 3.23. The number of amides is 2. The minimum Gasteiger partial charge on any atom is -0.465 e. The van der Waals surface area contributed by atoms with Crippen LogP contribution in [0.3, 0.4) is 0 Å². The maximum Gasteiger partial charge on any atom is 0.494 e. The third kappa shape index (κ3) is 8.29. The highest BCUT2D eigenvalue weighted by Crippen LogP contribution is 2.38. The van der Waals surface area contributed by atoms with Gasteiger partial charge in [0.2, 0.25) is 0 Å². The summed E-state index contributed by atoms with van der Waals surface area (Å²) in [6.45, 7) is 17.9. The van der Waals surface area contributed by atoms with Gasteiger partial charge >= 0.3 is 19.3 Å². The maximum atomic E-state index is 11.5. The molecule has 5 rings (SSSR count). The quantitative estimate of drug-likeness (QED) is 0.306. The van der Waals surface area contributed by atoms with Gasteiger partial charge in [0.05, 0.1) is 11.2 Å². The molecule has 8 nitrogen and oxygen atoms in total. The molecule has 0 saturated carbocycles. The number of halogens is 1. The number of benzene rings is 2. The molecule has 3 heterocycles. The molecule has 3 saturated heterocycles. The van der Waals surface area contributed by atoms with Crippen molar-refractivity contribution in [2.24, 2.45) is 11.8 Å². The summed E-state index contributed by atoms with van der Waals surface area (Å²) >= 11 is 3.45. The predicted molar refractivity (Wildman–Crippen MR) is 187 cm³/mol. The van der Waals surface area contributed by atoms with Gasteiger partial charge in [-0.15, -0.1) is 0 Å². The fourth-order valence-electron chi connectivity index (χ4n) is 6.98. The van der Waals surface area contributed by atoms with E-state index in [9.17, 15) is 19.8 Å². The number of hydrogen-bond acceptors (Lipinski definition) is 4. The Kier molecular flexibility index (Phi) is 11.6. The van der Waals surface area contributed by atoms with Gasteiger partial charge in [0.25, 0.3) is 0 Å². The number of piperidine rings is 2. The Bertz CT molecular complexity index is 1320. The summed E-state index contributed by atoms with van der Waals surface area (Å²) in [6, 6.07) is 17.1. The third-order valence-corrected chi connectivity index (χ3v) is 11.1. The van der Waals surface area contributed by atoms with Crippen LogP contribution in [0.25, 0.3) is 0 Å². The lowest BCUT2D eigenvalue weighted by Gasteiger charge is -2.40. The van der Waals surface area contributed by atoms with Crippen molar-refractivity contribution < 1.29 is 29.1 Å². The van der Waals surface area contributed by atoms with Crippen LogP contribution >= 0.6 is 15.9 Å². The molecule has 0 aromatic heterocycles. The summed E-state index contributed by atoms with van der Waals surface area (Å²) in [4.78, 5) is 26.0. The fraction of sp³-hybridized carbons (Fsp3) is 0.611. The molecule has 3 aliphatic heterocycles. The molecule has 4 atom stereocenters. The average molecular weight is 700 g/mol. The lowest BCUT2D eigenvalue weighted by atomic mass is 9.76. The van der Waals surface area contributed by atoms with E-state index < -0.39 is 12.2 Å². The molecular formula is C36H52BBrN2O6. The van der Waals surface area contributed by atoms with E-state index in [1.54, 1.807) is 9.80 Å². The Balaban J connectivity index is 0.000000222. The zero-order valence-corrected chi connectivity index (χ0v) is 30.3. The zero-order chi connectivity index (χ0) is 34.0. The smallest absolute Gasteiger partial charge is 0.465 e. The Hall–Kier alpha value is -2.56.